The number of amides is 1. The van der Waals surface area contributed by atoms with Crippen LogP contribution in [0, 0.1) is 5.92 Å². The Kier molecular flexibility index (Phi) is 4.31. The van der Waals surface area contributed by atoms with Gasteiger partial charge in [-0.3, -0.25) is 14.4 Å². The van der Waals surface area contributed by atoms with Gasteiger partial charge in [0.1, 0.15) is 0 Å². The molecule has 0 radical (unpaired) electrons. The van der Waals surface area contributed by atoms with Gasteiger partial charge in [-0.15, -0.1) is 0 Å². The second-order valence-electron chi connectivity index (χ2n) is 7.13. The molecule has 2 aromatic rings. The largest absolute Gasteiger partial charge is 0.330 e. The number of likely N-dealkylation sites (tertiary alicyclic amines) is 1. The van der Waals surface area contributed by atoms with E-state index in [1.54, 1.807) is 10.9 Å². The summed E-state index contributed by atoms with van der Waals surface area (Å²) in [4.78, 5) is 17.2. The van der Waals surface area contributed by atoms with Gasteiger partial charge in [0, 0.05) is 38.8 Å². The molecular formula is C19H25N5O. The summed E-state index contributed by atoms with van der Waals surface area (Å²) < 4.78 is 1.74. The fourth-order valence-corrected chi connectivity index (χ4v) is 4.28. The van der Waals surface area contributed by atoms with E-state index in [2.05, 4.69) is 34.3 Å². The predicted molar refractivity (Wildman–Crippen MR) is 97.3 cm³/mol. The first-order chi connectivity index (χ1) is 12.2. The molecule has 2 aliphatic rings. The minimum absolute atomic E-state index is 0.0389. The van der Waals surface area contributed by atoms with E-state index in [1.807, 2.05) is 24.2 Å². The third-order valence-corrected chi connectivity index (χ3v) is 5.62. The van der Waals surface area contributed by atoms with Crippen LogP contribution in [0.3, 0.4) is 0 Å². The van der Waals surface area contributed by atoms with Crippen LogP contribution in [0.25, 0.3) is 0 Å². The molecule has 6 nitrogen and oxygen atoms in total. The summed E-state index contributed by atoms with van der Waals surface area (Å²) in [6.45, 7) is 3.22. The van der Waals surface area contributed by atoms with Crippen LogP contribution in [-0.4, -0.2) is 52.8 Å². The molecule has 4 rings (SSSR count). The maximum Gasteiger partial charge on any atom is 0.244 e. The highest BCUT2D eigenvalue weighted by Gasteiger charge is 2.43. The summed E-state index contributed by atoms with van der Waals surface area (Å²) in [5, 5.41) is 4.19. The van der Waals surface area contributed by atoms with Crippen LogP contribution in [0.4, 0.5) is 5.69 Å². The normalized spacial score (nSPS) is 27.4. The molecule has 0 spiro atoms. The Morgan fingerprint density at radius 3 is 2.72 bits per heavy atom. The van der Waals surface area contributed by atoms with E-state index in [1.165, 1.54) is 5.56 Å². The van der Waals surface area contributed by atoms with Crippen LogP contribution in [0.1, 0.15) is 17.9 Å². The number of carbonyl (C=O) groups excluding carboxylic acids is 1. The number of anilines is 1. The minimum atomic E-state index is -0.0389. The smallest absolute Gasteiger partial charge is 0.244 e. The first kappa shape index (κ1) is 16.3. The van der Waals surface area contributed by atoms with Crippen molar-refractivity contribution < 1.29 is 4.79 Å². The van der Waals surface area contributed by atoms with Gasteiger partial charge in [-0.05, 0) is 24.4 Å². The molecular weight excluding hydrogens is 314 g/mol. The molecule has 1 unspecified atom stereocenters. The Morgan fingerprint density at radius 2 is 2.04 bits per heavy atom. The Morgan fingerprint density at radius 1 is 1.24 bits per heavy atom. The van der Waals surface area contributed by atoms with Crippen LogP contribution >= 0.6 is 0 Å². The molecule has 0 aliphatic carbocycles. The zero-order valence-electron chi connectivity index (χ0n) is 14.6. The third-order valence-electron chi connectivity index (χ3n) is 5.62. The van der Waals surface area contributed by atoms with E-state index >= 15 is 0 Å². The van der Waals surface area contributed by atoms with Crippen LogP contribution in [0.5, 0.6) is 0 Å². The number of hydrogen-bond acceptors (Lipinski definition) is 4. The van der Waals surface area contributed by atoms with Gasteiger partial charge in [0.05, 0.1) is 17.9 Å². The Labute approximate surface area is 148 Å². The maximum atomic E-state index is 13.0. The van der Waals surface area contributed by atoms with E-state index in [4.69, 9.17) is 5.73 Å². The number of nitrogens with two attached hydrogens (primary N) is 1. The van der Waals surface area contributed by atoms with Crippen LogP contribution in [0.15, 0.2) is 42.7 Å². The van der Waals surface area contributed by atoms with E-state index < -0.39 is 0 Å². The van der Waals surface area contributed by atoms with Crippen molar-refractivity contribution in [3.63, 3.8) is 0 Å². The van der Waals surface area contributed by atoms with Crippen molar-refractivity contribution in [1.82, 2.24) is 14.7 Å². The molecule has 2 saturated heterocycles. The van der Waals surface area contributed by atoms with Gasteiger partial charge >= 0.3 is 0 Å². The van der Waals surface area contributed by atoms with Gasteiger partial charge in [0.15, 0.2) is 0 Å². The number of aryl methyl sites for hydroxylation is 1. The molecule has 3 heterocycles. The monoisotopic (exact) mass is 339 g/mol. The van der Waals surface area contributed by atoms with Crippen molar-refractivity contribution in [1.29, 1.82) is 0 Å². The molecule has 3 atom stereocenters. The molecule has 25 heavy (non-hydrogen) atoms. The first-order valence-electron chi connectivity index (χ1n) is 8.96. The SMILES string of the molecule is Cn1cc(N2CCC(N3C[C@@H](CN)[C@H](c4ccccc4)C3)C2=O)cn1. The summed E-state index contributed by atoms with van der Waals surface area (Å²) >= 11 is 0. The molecule has 0 bridgehead atoms. The van der Waals surface area contributed by atoms with Crippen LogP contribution in [-0.2, 0) is 11.8 Å². The lowest BCUT2D eigenvalue weighted by molar-refractivity contribution is -0.121. The number of nitrogens with zero attached hydrogens (tertiary/aromatic N) is 4. The summed E-state index contributed by atoms with van der Waals surface area (Å²) in [5.41, 5.74) is 8.27. The van der Waals surface area contributed by atoms with Crippen molar-refractivity contribution in [2.75, 3.05) is 31.1 Å². The number of hydrogen-bond donors (Lipinski definition) is 1. The van der Waals surface area contributed by atoms with Gasteiger partial charge < -0.3 is 10.6 Å². The van der Waals surface area contributed by atoms with Crippen LogP contribution in [0.2, 0.25) is 0 Å². The average Bonchev–Trinajstić information content (AvgIpc) is 3.33. The third kappa shape index (κ3) is 2.96. The zero-order chi connectivity index (χ0) is 17.4. The van der Waals surface area contributed by atoms with Crippen molar-refractivity contribution >= 4 is 11.6 Å². The summed E-state index contributed by atoms with van der Waals surface area (Å²) in [7, 11) is 1.87. The van der Waals surface area contributed by atoms with Gasteiger partial charge in [0.2, 0.25) is 5.91 Å². The number of aromatic nitrogens is 2. The highest BCUT2D eigenvalue weighted by Crippen LogP contribution is 2.35. The van der Waals surface area contributed by atoms with Gasteiger partial charge in [-0.1, -0.05) is 30.3 Å². The average molecular weight is 339 g/mol. The maximum absolute atomic E-state index is 13.0. The number of rotatable bonds is 4. The molecule has 132 valence electrons. The molecule has 2 aliphatic heterocycles. The molecule has 2 fully saturated rings. The molecule has 0 saturated carbocycles. The molecule has 1 aromatic heterocycles. The standard InChI is InChI=1S/C19H25N5O/c1-22-12-16(10-21-22)24-8-7-18(19(24)25)23-11-15(9-20)17(13-23)14-5-3-2-4-6-14/h2-6,10,12,15,17-18H,7-9,11,13,20H2,1H3/t15-,17+,18?/m1/s1. The van der Waals surface area contributed by atoms with Crippen LogP contribution < -0.4 is 10.6 Å². The van der Waals surface area contributed by atoms with Gasteiger partial charge in [-0.25, -0.2) is 0 Å². The van der Waals surface area contributed by atoms with E-state index in [0.29, 0.717) is 18.4 Å². The van der Waals surface area contributed by atoms with Crippen molar-refractivity contribution in [3.05, 3.63) is 48.3 Å². The van der Waals surface area contributed by atoms with E-state index in [9.17, 15) is 4.79 Å². The molecule has 2 N–H and O–H groups in total. The Bertz CT molecular complexity index is 743. The summed E-state index contributed by atoms with van der Waals surface area (Å²) in [6.07, 6.45) is 4.53. The van der Waals surface area contributed by atoms with Crippen molar-refractivity contribution in [2.24, 2.45) is 18.7 Å². The van der Waals surface area contributed by atoms with Gasteiger partial charge in [-0.2, -0.15) is 5.10 Å². The first-order valence-corrected chi connectivity index (χ1v) is 8.96. The highest BCUT2D eigenvalue weighted by atomic mass is 16.2. The molecule has 1 amide bonds. The van der Waals surface area contributed by atoms with Gasteiger partial charge in [0.25, 0.3) is 0 Å². The summed E-state index contributed by atoms with van der Waals surface area (Å²) in [5.74, 6) is 1.01. The lowest BCUT2D eigenvalue weighted by Gasteiger charge is -2.23. The molecule has 6 heteroatoms. The van der Waals surface area contributed by atoms with E-state index in [-0.39, 0.29) is 11.9 Å². The molecule has 1 aromatic carbocycles. The lowest BCUT2D eigenvalue weighted by atomic mass is 9.89. The number of benzene rings is 1. The lowest BCUT2D eigenvalue weighted by Crippen LogP contribution is -2.41. The highest BCUT2D eigenvalue weighted by molar-refractivity contribution is 5.99. The Balaban J connectivity index is 1.50. The summed E-state index contributed by atoms with van der Waals surface area (Å²) in [6, 6.07) is 10.5. The second-order valence-corrected chi connectivity index (χ2v) is 7.13. The number of carbonyl (C=O) groups is 1. The quantitative estimate of drug-likeness (QED) is 0.909. The topological polar surface area (TPSA) is 67.4 Å². The van der Waals surface area contributed by atoms with Crippen molar-refractivity contribution in [2.45, 2.75) is 18.4 Å². The van der Waals surface area contributed by atoms with Crippen molar-refractivity contribution in [3.8, 4) is 0 Å². The second kappa shape index (κ2) is 6.61. The fraction of sp³-hybridized carbons (Fsp3) is 0.474. The fourth-order valence-electron chi connectivity index (χ4n) is 4.28. The zero-order valence-corrected chi connectivity index (χ0v) is 14.6. The predicted octanol–water partition coefficient (Wildman–Crippen LogP) is 1.20. The Hall–Kier alpha value is -2.18. The minimum Gasteiger partial charge on any atom is -0.330 e. The van der Waals surface area contributed by atoms with E-state index in [0.717, 1.165) is 31.7 Å².